The molecule has 0 atom stereocenters. The molecule has 0 spiro atoms. The zero-order chi connectivity index (χ0) is 16.0. The number of likely N-dealkylation sites (N-methyl/N-ethyl adjacent to an activating group) is 1. The third kappa shape index (κ3) is 5.07. The fraction of sp³-hybridized carbons (Fsp3) is 0.692. The van der Waals surface area contributed by atoms with Gasteiger partial charge in [0.1, 0.15) is 10.7 Å². The van der Waals surface area contributed by atoms with Crippen LogP contribution in [0.4, 0.5) is 0 Å². The monoisotopic (exact) mass is 381 g/mol. The zero-order valence-electron chi connectivity index (χ0n) is 13.0. The number of furan rings is 1. The van der Waals surface area contributed by atoms with E-state index in [9.17, 15) is 8.42 Å². The van der Waals surface area contributed by atoms with E-state index in [1.165, 1.54) is 4.31 Å². The highest BCUT2D eigenvalue weighted by molar-refractivity contribution is 9.10. The number of sulfonamides is 1. The van der Waals surface area contributed by atoms with Gasteiger partial charge in [0.2, 0.25) is 10.0 Å². The molecule has 1 rings (SSSR count). The van der Waals surface area contributed by atoms with E-state index in [2.05, 4.69) is 21.2 Å². The summed E-state index contributed by atoms with van der Waals surface area (Å²) in [6.45, 7) is 4.09. The first-order valence-electron chi connectivity index (χ1n) is 6.90. The molecule has 0 unspecified atom stereocenters. The molecule has 6 nitrogen and oxygen atoms in total. The van der Waals surface area contributed by atoms with Crippen LogP contribution < -0.4 is 5.32 Å². The van der Waals surface area contributed by atoms with Gasteiger partial charge in [-0.05, 0) is 43.5 Å². The van der Waals surface area contributed by atoms with Crippen molar-refractivity contribution in [2.45, 2.75) is 24.8 Å². The summed E-state index contributed by atoms with van der Waals surface area (Å²) in [5.74, 6) is 0.590. The quantitative estimate of drug-likeness (QED) is 0.705. The van der Waals surface area contributed by atoms with Crippen LogP contribution in [-0.2, 0) is 16.6 Å². The van der Waals surface area contributed by atoms with Crippen molar-refractivity contribution < 1.29 is 12.8 Å². The maximum absolute atomic E-state index is 12.8. The van der Waals surface area contributed by atoms with Crippen LogP contribution in [0.1, 0.15) is 19.1 Å². The summed E-state index contributed by atoms with van der Waals surface area (Å²) in [5, 5.41) is 2.94. The van der Waals surface area contributed by atoms with Gasteiger partial charge >= 0.3 is 0 Å². The Kier molecular flexibility index (Phi) is 7.35. The van der Waals surface area contributed by atoms with Crippen molar-refractivity contribution in [2.24, 2.45) is 0 Å². The normalized spacial score (nSPS) is 12.5. The Balaban J connectivity index is 3.04. The summed E-state index contributed by atoms with van der Waals surface area (Å²) in [6.07, 6.45) is 0.769. The lowest BCUT2D eigenvalue weighted by atomic mass is 10.4. The Labute approximate surface area is 135 Å². The molecule has 0 bridgehead atoms. The average molecular weight is 382 g/mol. The first kappa shape index (κ1) is 18.6. The number of nitrogens with one attached hydrogen (secondary N) is 1. The molecule has 122 valence electrons. The number of hydrogen-bond donors (Lipinski definition) is 1. The summed E-state index contributed by atoms with van der Waals surface area (Å²) in [4.78, 5) is 2.16. The number of hydrogen-bond acceptors (Lipinski definition) is 5. The maximum atomic E-state index is 12.8. The summed E-state index contributed by atoms with van der Waals surface area (Å²) in [7, 11) is 2.09. The van der Waals surface area contributed by atoms with Crippen molar-refractivity contribution in [3.8, 4) is 0 Å². The van der Waals surface area contributed by atoms with E-state index in [4.69, 9.17) is 4.42 Å². The lowest BCUT2D eigenvalue weighted by molar-refractivity contribution is 0.332. The Bertz CT molecular complexity index is 543. The second-order valence-electron chi connectivity index (χ2n) is 5.09. The molecule has 1 N–H and O–H groups in total. The highest BCUT2D eigenvalue weighted by Crippen LogP contribution is 2.28. The van der Waals surface area contributed by atoms with Gasteiger partial charge in [0, 0.05) is 25.7 Å². The molecule has 21 heavy (non-hydrogen) atoms. The minimum atomic E-state index is -3.55. The number of rotatable bonds is 9. The van der Waals surface area contributed by atoms with Crippen LogP contribution in [-0.4, -0.2) is 58.4 Å². The summed E-state index contributed by atoms with van der Waals surface area (Å²) in [6, 6.07) is 1.58. The molecule has 0 amide bonds. The van der Waals surface area contributed by atoms with Crippen LogP contribution in [0, 0.1) is 0 Å². The van der Waals surface area contributed by atoms with Gasteiger partial charge in [-0.15, -0.1) is 0 Å². The zero-order valence-corrected chi connectivity index (χ0v) is 15.4. The minimum absolute atomic E-state index is 0.194. The first-order valence-corrected chi connectivity index (χ1v) is 9.13. The fourth-order valence-electron chi connectivity index (χ4n) is 1.89. The molecule has 1 heterocycles. The van der Waals surface area contributed by atoms with Gasteiger partial charge in [-0.1, -0.05) is 6.92 Å². The van der Waals surface area contributed by atoms with Crippen LogP contribution in [0.3, 0.4) is 0 Å². The standard InChI is InChI=1S/C13H24BrN3O3S/c1-5-6-17(8-7-16(3)4)21(18,19)12-9-11(10-15-2)20-13(12)14/h9,15H,5-8,10H2,1-4H3. The van der Waals surface area contributed by atoms with Crippen molar-refractivity contribution in [1.82, 2.24) is 14.5 Å². The van der Waals surface area contributed by atoms with E-state index in [-0.39, 0.29) is 9.56 Å². The lowest BCUT2D eigenvalue weighted by Gasteiger charge is -2.22. The number of nitrogens with zero attached hydrogens (tertiary/aromatic N) is 2. The Morgan fingerprint density at radius 3 is 2.48 bits per heavy atom. The fourth-order valence-corrected chi connectivity index (χ4v) is 4.37. The summed E-state index contributed by atoms with van der Waals surface area (Å²) < 4.78 is 32.7. The third-order valence-corrected chi connectivity index (χ3v) is 5.70. The molecule has 0 radical (unpaired) electrons. The predicted octanol–water partition coefficient (Wildman–Crippen LogP) is 1.72. The molecule has 0 aliphatic heterocycles. The molecule has 0 saturated carbocycles. The topological polar surface area (TPSA) is 65.8 Å². The van der Waals surface area contributed by atoms with Crippen LogP contribution in [0.2, 0.25) is 0 Å². The smallest absolute Gasteiger partial charge is 0.247 e. The second kappa shape index (κ2) is 8.28. The highest BCUT2D eigenvalue weighted by atomic mass is 79.9. The van der Waals surface area contributed by atoms with Crippen molar-refractivity contribution in [3.05, 3.63) is 16.5 Å². The van der Waals surface area contributed by atoms with Crippen LogP contribution in [0.25, 0.3) is 0 Å². The highest BCUT2D eigenvalue weighted by Gasteiger charge is 2.28. The molecular weight excluding hydrogens is 358 g/mol. The van der Waals surface area contributed by atoms with Crippen LogP contribution >= 0.6 is 15.9 Å². The van der Waals surface area contributed by atoms with Crippen molar-refractivity contribution in [3.63, 3.8) is 0 Å². The van der Waals surface area contributed by atoms with Gasteiger partial charge in [-0.3, -0.25) is 0 Å². The minimum Gasteiger partial charge on any atom is -0.452 e. The second-order valence-corrected chi connectivity index (χ2v) is 7.71. The summed E-state index contributed by atoms with van der Waals surface area (Å²) in [5.41, 5.74) is 0. The van der Waals surface area contributed by atoms with E-state index in [1.807, 2.05) is 25.9 Å². The molecule has 0 fully saturated rings. The molecular formula is C13H24BrN3O3S. The molecule has 0 saturated heterocycles. The average Bonchev–Trinajstić information content (AvgIpc) is 2.76. The van der Waals surface area contributed by atoms with Gasteiger partial charge in [0.05, 0.1) is 6.54 Å². The largest absolute Gasteiger partial charge is 0.452 e. The molecule has 1 aromatic rings. The van der Waals surface area contributed by atoms with Gasteiger partial charge < -0.3 is 14.6 Å². The SMILES string of the molecule is CCCN(CCN(C)C)S(=O)(=O)c1cc(CNC)oc1Br. The van der Waals surface area contributed by atoms with Crippen LogP contribution in [0.5, 0.6) is 0 Å². The van der Waals surface area contributed by atoms with Crippen molar-refractivity contribution in [1.29, 1.82) is 0 Å². The molecule has 0 aromatic carbocycles. The van der Waals surface area contributed by atoms with Crippen molar-refractivity contribution in [2.75, 3.05) is 40.8 Å². The van der Waals surface area contributed by atoms with E-state index in [0.29, 0.717) is 31.9 Å². The Hall–Kier alpha value is -0.410. The predicted molar refractivity (Wildman–Crippen MR) is 86.8 cm³/mol. The van der Waals surface area contributed by atoms with Gasteiger partial charge in [-0.2, -0.15) is 4.31 Å². The third-order valence-electron chi connectivity index (χ3n) is 2.94. The van der Waals surface area contributed by atoms with Crippen molar-refractivity contribution >= 4 is 26.0 Å². The first-order chi connectivity index (χ1) is 9.82. The molecule has 0 aliphatic rings. The number of halogens is 1. The summed E-state index contributed by atoms with van der Waals surface area (Å²) >= 11 is 3.21. The molecule has 8 heteroatoms. The molecule has 0 aliphatic carbocycles. The van der Waals surface area contributed by atoms with E-state index >= 15 is 0 Å². The van der Waals surface area contributed by atoms with E-state index < -0.39 is 10.0 Å². The maximum Gasteiger partial charge on any atom is 0.247 e. The van der Waals surface area contributed by atoms with Gasteiger partial charge in [0.25, 0.3) is 0 Å². The van der Waals surface area contributed by atoms with Crippen LogP contribution in [0.15, 0.2) is 20.0 Å². The van der Waals surface area contributed by atoms with E-state index in [0.717, 1.165) is 6.42 Å². The Morgan fingerprint density at radius 1 is 1.29 bits per heavy atom. The van der Waals surface area contributed by atoms with Gasteiger partial charge in [0.15, 0.2) is 4.67 Å². The van der Waals surface area contributed by atoms with Gasteiger partial charge in [-0.25, -0.2) is 8.42 Å². The van der Waals surface area contributed by atoms with E-state index in [1.54, 1.807) is 13.1 Å². The Morgan fingerprint density at radius 2 is 1.95 bits per heavy atom. The molecule has 1 aromatic heterocycles. The lowest BCUT2D eigenvalue weighted by Crippen LogP contribution is -2.37.